The highest BCUT2D eigenvalue weighted by Crippen LogP contribution is 2.43. The van der Waals surface area contributed by atoms with Gasteiger partial charge in [0.05, 0.1) is 28.3 Å². The second-order valence-electron chi connectivity index (χ2n) is 8.00. The second kappa shape index (κ2) is 11.6. The number of para-hydroxylation sites is 2. The predicted molar refractivity (Wildman–Crippen MR) is 145 cm³/mol. The van der Waals surface area contributed by atoms with Crippen molar-refractivity contribution >= 4 is 46.6 Å². The van der Waals surface area contributed by atoms with Gasteiger partial charge in [0.1, 0.15) is 0 Å². The number of nitriles is 1. The van der Waals surface area contributed by atoms with E-state index in [1.165, 1.54) is 11.8 Å². The molecule has 0 spiro atoms. The van der Waals surface area contributed by atoms with Crippen LogP contribution in [0.4, 0.5) is 11.4 Å². The number of carbonyl (C=O) groups is 2. The predicted octanol–water partition coefficient (Wildman–Crippen LogP) is 6.05. The van der Waals surface area contributed by atoms with Crippen molar-refractivity contribution in [3.63, 3.8) is 0 Å². The molecule has 3 aromatic carbocycles. The zero-order chi connectivity index (χ0) is 25.5. The highest BCUT2D eigenvalue weighted by Gasteiger charge is 2.35. The topological polar surface area (TPSA) is 94.0 Å². The van der Waals surface area contributed by atoms with Crippen LogP contribution in [0.1, 0.15) is 18.4 Å². The van der Waals surface area contributed by atoms with Crippen molar-refractivity contribution < 1.29 is 9.59 Å². The van der Waals surface area contributed by atoms with Gasteiger partial charge in [0.15, 0.2) is 0 Å². The SMILES string of the molecule is CC1=C(C(=O)Nc2ccccc2)[C@@H](c2ccccc2Cl)C(C#N)=C(SCC(=O)Nc2ccccc2)N1. The number of anilines is 2. The maximum Gasteiger partial charge on any atom is 0.254 e. The molecule has 0 bridgehead atoms. The van der Waals surface area contributed by atoms with Crippen molar-refractivity contribution in [1.82, 2.24) is 5.32 Å². The van der Waals surface area contributed by atoms with E-state index in [4.69, 9.17) is 11.6 Å². The van der Waals surface area contributed by atoms with Crippen LogP contribution in [0.5, 0.6) is 0 Å². The molecule has 0 radical (unpaired) electrons. The number of hydrogen-bond donors (Lipinski definition) is 3. The molecule has 8 heteroatoms. The Labute approximate surface area is 219 Å². The number of rotatable bonds is 7. The van der Waals surface area contributed by atoms with Gasteiger partial charge in [-0.15, -0.1) is 0 Å². The normalized spacial score (nSPS) is 15.1. The summed E-state index contributed by atoms with van der Waals surface area (Å²) in [4.78, 5) is 26.0. The van der Waals surface area contributed by atoms with E-state index in [1.807, 2.05) is 48.5 Å². The maximum atomic E-state index is 13.5. The molecule has 180 valence electrons. The third-order valence-electron chi connectivity index (χ3n) is 5.55. The summed E-state index contributed by atoms with van der Waals surface area (Å²) < 4.78 is 0. The number of nitrogens with one attached hydrogen (secondary N) is 3. The van der Waals surface area contributed by atoms with E-state index in [-0.39, 0.29) is 17.6 Å². The molecule has 3 N–H and O–H groups in total. The van der Waals surface area contributed by atoms with Gasteiger partial charge in [0.25, 0.3) is 5.91 Å². The lowest BCUT2D eigenvalue weighted by molar-refractivity contribution is -0.114. The summed E-state index contributed by atoms with van der Waals surface area (Å²) in [5, 5.41) is 20.1. The first-order chi connectivity index (χ1) is 17.5. The van der Waals surface area contributed by atoms with Crippen LogP contribution in [-0.4, -0.2) is 17.6 Å². The highest BCUT2D eigenvalue weighted by atomic mass is 35.5. The Morgan fingerprint density at radius 1 is 0.944 bits per heavy atom. The van der Waals surface area contributed by atoms with Gasteiger partial charge in [-0.3, -0.25) is 9.59 Å². The Hall–Kier alpha value is -3.99. The molecule has 3 aromatic rings. The van der Waals surface area contributed by atoms with Crippen molar-refractivity contribution in [1.29, 1.82) is 5.26 Å². The number of benzene rings is 3. The third-order valence-corrected chi connectivity index (χ3v) is 6.91. The molecular formula is C28H23ClN4O2S. The van der Waals surface area contributed by atoms with E-state index in [2.05, 4.69) is 22.0 Å². The average molecular weight is 515 g/mol. The van der Waals surface area contributed by atoms with E-state index >= 15 is 0 Å². The van der Waals surface area contributed by atoms with Crippen LogP contribution in [0.2, 0.25) is 5.02 Å². The minimum Gasteiger partial charge on any atom is -0.353 e. The summed E-state index contributed by atoms with van der Waals surface area (Å²) in [6.45, 7) is 1.78. The van der Waals surface area contributed by atoms with Crippen molar-refractivity contribution in [3.05, 3.63) is 117 Å². The molecule has 0 unspecified atom stereocenters. The highest BCUT2D eigenvalue weighted by molar-refractivity contribution is 8.03. The zero-order valence-electron chi connectivity index (χ0n) is 19.4. The number of halogens is 1. The Morgan fingerprint density at radius 3 is 2.14 bits per heavy atom. The van der Waals surface area contributed by atoms with Crippen LogP contribution in [0, 0.1) is 11.3 Å². The lowest BCUT2D eigenvalue weighted by atomic mass is 9.82. The van der Waals surface area contributed by atoms with Gasteiger partial charge < -0.3 is 16.0 Å². The van der Waals surface area contributed by atoms with Crippen LogP contribution >= 0.6 is 23.4 Å². The van der Waals surface area contributed by atoms with E-state index in [0.29, 0.717) is 43.8 Å². The Morgan fingerprint density at radius 2 is 1.53 bits per heavy atom. The van der Waals surface area contributed by atoms with E-state index < -0.39 is 5.92 Å². The fourth-order valence-corrected chi connectivity index (χ4v) is 5.06. The third kappa shape index (κ3) is 5.80. The standard InChI is InChI=1S/C28H23ClN4O2S/c1-18-25(27(35)33-20-12-6-3-7-13-20)26(21-14-8-9-15-23(21)29)22(16-30)28(31-18)36-17-24(34)32-19-10-4-2-5-11-19/h2-15,26,31H,17H2,1H3,(H,32,34)(H,33,35)/t26-/m0/s1. The molecule has 1 aliphatic rings. The fraction of sp³-hybridized carbons (Fsp3) is 0.107. The molecule has 0 aromatic heterocycles. The lowest BCUT2D eigenvalue weighted by Crippen LogP contribution is -2.31. The van der Waals surface area contributed by atoms with Crippen LogP contribution < -0.4 is 16.0 Å². The summed E-state index contributed by atoms with van der Waals surface area (Å²) >= 11 is 7.75. The summed E-state index contributed by atoms with van der Waals surface area (Å²) in [6, 6.07) is 27.7. The molecule has 1 atom stereocenters. The molecule has 0 saturated heterocycles. The van der Waals surface area contributed by atoms with E-state index in [9.17, 15) is 14.9 Å². The van der Waals surface area contributed by atoms with E-state index in [0.717, 1.165) is 0 Å². The number of allylic oxidation sites excluding steroid dienone is 2. The zero-order valence-corrected chi connectivity index (χ0v) is 21.0. The van der Waals surface area contributed by atoms with Gasteiger partial charge in [-0.2, -0.15) is 5.26 Å². The summed E-state index contributed by atoms with van der Waals surface area (Å²) in [5.41, 5.74) is 3.27. The molecule has 1 heterocycles. The van der Waals surface area contributed by atoms with Crippen LogP contribution in [0.15, 0.2) is 107 Å². The van der Waals surface area contributed by atoms with Crippen molar-refractivity contribution in [2.45, 2.75) is 12.8 Å². The average Bonchev–Trinajstić information content (AvgIpc) is 2.88. The molecule has 0 saturated carbocycles. The molecule has 36 heavy (non-hydrogen) atoms. The van der Waals surface area contributed by atoms with Crippen LogP contribution in [-0.2, 0) is 9.59 Å². The summed E-state index contributed by atoms with van der Waals surface area (Å²) in [6.07, 6.45) is 0. The largest absolute Gasteiger partial charge is 0.353 e. The molecule has 4 rings (SSSR count). The Kier molecular flexibility index (Phi) is 8.11. The van der Waals surface area contributed by atoms with Crippen molar-refractivity contribution in [2.24, 2.45) is 0 Å². The molecule has 1 aliphatic heterocycles. The summed E-state index contributed by atoms with van der Waals surface area (Å²) in [7, 11) is 0. The maximum absolute atomic E-state index is 13.5. The number of amides is 2. The molecule has 0 aliphatic carbocycles. The van der Waals surface area contributed by atoms with Crippen molar-refractivity contribution in [3.8, 4) is 6.07 Å². The van der Waals surface area contributed by atoms with Gasteiger partial charge in [-0.1, -0.05) is 78.0 Å². The number of hydrogen-bond acceptors (Lipinski definition) is 5. The van der Waals surface area contributed by atoms with Gasteiger partial charge in [-0.25, -0.2) is 0 Å². The van der Waals surface area contributed by atoms with Crippen LogP contribution in [0.3, 0.4) is 0 Å². The molecule has 0 fully saturated rings. The lowest BCUT2D eigenvalue weighted by Gasteiger charge is -2.30. The van der Waals surface area contributed by atoms with Gasteiger partial charge in [0, 0.05) is 27.7 Å². The number of carbonyl (C=O) groups excluding carboxylic acids is 2. The summed E-state index contributed by atoms with van der Waals surface area (Å²) in [5.74, 6) is -1.17. The quantitative estimate of drug-likeness (QED) is 0.357. The Bertz CT molecular complexity index is 1380. The first-order valence-corrected chi connectivity index (χ1v) is 12.5. The van der Waals surface area contributed by atoms with Gasteiger partial charge >= 0.3 is 0 Å². The Balaban J connectivity index is 1.65. The smallest absolute Gasteiger partial charge is 0.254 e. The number of nitrogens with zero attached hydrogens (tertiary/aromatic N) is 1. The molecule has 2 amide bonds. The number of dihydropyridines is 1. The monoisotopic (exact) mass is 514 g/mol. The minimum absolute atomic E-state index is 0.0798. The number of thioether (sulfide) groups is 1. The van der Waals surface area contributed by atoms with Gasteiger partial charge in [-0.05, 0) is 42.8 Å². The molecule has 6 nitrogen and oxygen atoms in total. The first kappa shape index (κ1) is 25.1. The molecular weight excluding hydrogens is 492 g/mol. The minimum atomic E-state index is -0.701. The van der Waals surface area contributed by atoms with E-state index in [1.54, 1.807) is 43.3 Å². The fourth-order valence-electron chi connectivity index (χ4n) is 3.92. The first-order valence-electron chi connectivity index (χ1n) is 11.2. The second-order valence-corrected chi connectivity index (χ2v) is 9.39. The van der Waals surface area contributed by atoms with Crippen LogP contribution in [0.25, 0.3) is 0 Å². The van der Waals surface area contributed by atoms with Gasteiger partial charge in [0.2, 0.25) is 5.91 Å². The van der Waals surface area contributed by atoms with Crippen molar-refractivity contribution in [2.75, 3.05) is 16.4 Å².